The van der Waals surface area contributed by atoms with Gasteiger partial charge in [-0.1, -0.05) is 64.5 Å². The second-order valence-electron chi connectivity index (χ2n) is 10.7. The van der Waals surface area contributed by atoms with E-state index in [1.165, 1.54) is 41.0 Å². The van der Waals surface area contributed by atoms with Gasteiger partial charge in [-0.15, -0.1) is 0 Å². The van der Waals surface area contributed by atoms with Crippen LogP contribution in [0.2, 0.25) is 10.0 Å². The molecule has 9 nitrogen and oxygen atoms in total. The molecule has 3 heterocycles. The van der Waals surface area contributed by atoms with Crippen molar-refractivity contribution in [3.8, 4) is 0 Å². The number of carbonyl (C=O) groups is 4. The van der Waals surface area contributed by atoms with Gasteiger partial charge in [0.25, 0.3) is 0 Å². The molecule has 1 aromatic heterocycles. The number of nitrogens with zero attached hydrogens (tertiary/aromatic N) is 2. The van der Waals surface area contributed by atoms with Crippen molar-refractivity contribution in [2.45, 2.75) is 35.8 Å². The second-order valence-corrected chi connectivity index (χ2v) is 13.6. The summed E-state index contributed by atoms with van der Waals surface area (Å²) in [5.74, 6) is -4.80. The summed E-state index contributed by atoms with van der Waals surface area (Å²) in [5, 5.41) is 1.97. The number of alkyl halides is 3. The fourth-order valence-corrected chi connectivity index (χ4v) is 8.86. The summed E-state index contributed by atoms with van der Waals surface area (Å²) in [6.07, 6.45) is -4.72. The van der Waals surface area contributed by atoms with Crippen molar-refractivity contribution >= 4 is 81.4 Å². The topological polar surface area (TPSA) is 115 Å². The standard InChI is InChI=1S/C32H22Cl2F3N3O6S2/c1-2-46-30(44)15-9-11-17(12-10-15)38-21(41)14-39-29-26(48-31(39)45)22(19-7-4-8-20(33)24(19)34)23-25(47-29)28(43)40(27(23)42)18-6-3-5-16(13-18)32(35,36)37/h3-13,22-23,25H,2,14H2,1H3,(H,38,41)/t22-,23-,25+/m0/s1. The third-order valence-electron chi connectivity index (χ3n) is 7.78. The molecule has 2 aliphatic rings. The normalized spacial score (nSPS) is 18.8. The number of anilines is 2. The predicted octanol–water partition coefficient (Wildman–Crippen LogP) is 6.85. The number of imide groups is 1. The van der Waals surface area contributed by atoms with E-state index in [4.69, 9.17) is 27.9 Å². The zero-order valence-corrected chi connectivity index (χ0v) is 27.7. The maximum absolute atomic E-state index is 14.0. The molecule has 0 bridgehead atoms. The number of ether oxygens (including phenoxy) is 1. The average molecular weight is 737 g/mol. The van der Waals surface area contributed by atoms with Crippen molar-refractivity contribution in [3.63, 3.8) is 0 Å². The third kappa shape index (κ3) is 6.13. The fraction of sp³-hybridized carbons (Fsp3) is 0.219. The van der Waals surface area contributed by atoms with Gasteiger partial charge in [0.15, 0.2) is 0 Å². The number of esters is 1. The Bertz CT molecular complexity index is 2030. The van der Waals surface area contributed by atoms with E-state index in [0.717, 1.165) is 46.2 Å². The molecule has 1 fully saturated rings. The third-order valence-corrected chi connectivity index (χ3v) is 11.2. The van der Waals surface area contributed by atoms with Crippen LogP contribution in [-0.2, 0) is 31.8 Å². The molecular formula is C32H22Cl2F3N3O6S2. The Balaban J connectivity index is 1.37. The van der Waals surface area contributed by atoms with Crippen LogP contribution in [0.15, 0.2) is 76.6 Å². The minimum Gasteiger partial charge on any atom is -0.462 e. The molecule has 0 radical (unpaired) electrons. The van der Waals surface area contributed by atoms with Gasteiger partial charge >= 0.3 is 17.0 Å². The zero-order chi connectivity index (χ0) is 34.5. The highest BCUT2D eigenvalue weighted by atomic mass is 35.5. The molecule has 0 aliphatic carbocycles. The van der Waals surface area contributed by atoms with Crippen LogP contribution < -0.4 is 15.1 Å². The summed E-state index contributed by atoms with van der Waals surface area (Å²) in [4.78, 5) is 67.0. The summed E-state index contributed by atoms with van der Waals surface area (Å²) in [6.45, 7) is 1.41. The number of aromatic nitrogens is 1. The Labute approximate surface area is 288 Å². The lowest BCUT2D eigenvalue weighted by Gasteiger charge is -2.31. The highest BCUT2D eigenvalue weighted by Gasteiger charge is 2.57. The molecule has 0 unspecified atom stereocenters. The highest BCUT2D eigenvalue weighted by molar-refractivity contribution is 8.00. The smallest absolute Gasteiger partial charge is 0.416 e. The van der Waals surface area contributed by atoms with E-state index >= 15 is 0 Å². The number of hydrogen-bond donors (Lipinski definition) is 1. The Hall–Kier alpha value is -4.11. The van der Waals surface area contributed by atoms with Gasteiger partial charge < -0.3 is 10.1 Å². The predicted molar refractivity (Wildman–Crippen MR) is 175 cm³/mol. The van der Waals surface area contributed by atoms with Crippen LogP contribution in [0.25, 0.3) is 0 Å². The van der Waals surface area contributed by atoms with Crippen LogP contribution in [-0.4, -0.2) is 40.1 Å². The van der Waals surface area contributed by atoms with Gasteiger partial charge in [0, 0.05) is 16.5 Å². The first kappa shape index (κ1) is 33.8. The van der Waals surface area contributed by atoms with Crippen molar-refractivity contribution in [2.75, 3.05) is 16.8 Å². The average Bonchev–Trinajstić information content (AvgIpc) is 3.48. The van der Waals surface area contributed by atoms with Crippen molar-refractivity contribution < 1.29 is 37.1 Å². The first-order valence-electron chi connectivity index (χ1n) is 14.3. The number of thiazole rings is 1. The molecule has 16 heteroatoms. The molecule has 1 N–H and O–H groups in total. The van der Waals surface area contributed by atoms with Crippen molar-refractivity contribution in [1.82, 2.24) is 4.57 Å². The summed E-state index contributed by atoms with van der Waals surface area (Å²) in [6, 6.07) is 14.6. The number of nitrogens with one attached hydrogen (secondary N) is 1. The molecule has 1 saturated heterocycles. The van der Waals surface area contributed by atoms with Gasteiger partial charge in [0.1, 0.15) is 11.8 Å². The van der Waals surface area contributed by atoms with Crippen LogP contribution >= 0.6 is 46.3 Å². The number of rotatable bonds is 7. The number of benzene rings is 3. The molecule has 248 valence electrons. The molecule has 0 saturated carbocycles. The van der Waals surface area contributed by atoms with E-state index < -0.39 is 63.9 Å². The number of thioether (sulfide) groups is 1. The molecule has 6 rings (SSSR count). The molecule has 2 aliphatic heterocycles. The monoisotopic (exact) mass is 735 g/mol. The Morgan fingerprint density at radius 3 is 2.38 bits per heavy atom. The Kier molecular flexibility index (Phi) is 9.20. The second kappa shape index (κ2) is 13.1. The molecule has 3 atom stereocenters. The fourth-order valence-electron chi connectivity index (χ4n) is 5.68. The maximum Gasteiger partial charge on any atom is 0.416 e. The quantitative estimate of drug-likeness (QED) is 0.163. The summed E-state index contributed by atoms with van der Waals surface area (Å²) >= 11 is 14.6. The van der Waals surface area contributed by atoms with E-state index in [1.807, 2.05) is 0 Å². The number of fused-ring (bicyclic) bond motifs is 2. The SMILES string of the molecule is CCOC(=O)c1ccc(NC(=O)Cn2c3c(sc2=O)[C@@H](c2cccc(Cl)c2Cl)[C@@H]2C(=O)N(c4cccc(C(F)(F)F)c4)C(=O)[C@@H]2S3)cc1. The van der Waals surface area contributed by atoms with Gasteiger partial charge in [-0.05, 0) is 61.0 Å². The summed E-state index contributed by atoms with van der Waals surface area (Å²) in [5.41, 5.74) is -0.321. The van der Waals surface area contributed by atoms with Crippen molar-refractivity contribution in [1.29, 1.82) is 0 Å². The van der Waals surface area contributed by atoms with Crippen LogP contribution in [0.1, 0.15) is 39.2 Å². The summed E-state index contributed by atoms with van der Waals surface area (Å²) < 4.78 is 46.8. The molecule has 3 amide bonds. The lowest BCUT2D eigenvalue weighted by molar-refractivity contribution is -0.137. The highest BCUT2D eigenvalue weighted by Crippen LogP contribution is 2.55. The first-order chi connectivity index (χ1) is 22.8. The van der Waals surface area contributed by atoms with Gasteiger partial charge in [0.05, 0.1) is 44.4 Å². The van der Waals surface area contributed by atoms with Crippen LogP contribution in [0, 0.1) is 5.92 Å². The lowest BCUT2D eigenvalue weighted by atomic mass is 9.83. The number of carbonyl (C=O) groups excluding carboxylic acids is 4. The van der Waals surface area contributed by atoms with E-state index in [0.29, 0.717) is 16.1 Å². The van der Waals surface area contributed by atoms with Gasteiger partial charge in [-0.2, -0.15) is 13.2 Å². The van der Waals surface area contributed by atoms with E-state index in [2.05, 4.69) is 5.32 Å². The summed E-state index contributed by atoms with van der Waals surface area (Å²) in [7, 11) is 0. The molecule has 0 spiro atoms. The number of hydrogen-bond acceptors (Lipinski definition) is 8. The molecule has 4 aromatic rings. The molecule has 3 aromatic carbocycles. The largest absolute Gasteiger partial charge is 0.462 e. The van der Waals surface area contributed by atoms with Gasteiger partial charge in [-0.25, -0.2) is 9.69 Å². The van der Waals surface area contributed by atoms with Crippen LogP contribution in [0.5, 0.6) is 0 Å². The van der Waals surface area contributed by atoms with Gasteiger partial charge in [0.2, 0.25) is 17.7 Å². The van der Waals surface area contributed by atoms with Crippen molar-refractivity contribution in [3.05, 3.63) is 108 Å². The Morgan fingerprint density at radius 1 is 0.979 bits per heavy atom. The molecule has 48 heavy (non-hydrogen) atoms. The number of halogens is 5. The van der Waals surface area contributed by atoms with E-state index in [9.17, 15) is 37.1 Å². The lowest BCUT2D eigenvalue weighted by Crippen LogP contribution is -2.33. The Morgan fingerprint density at radius 2 is 1.69 bits per heavy atom. The minimum atomic E-state index is -4.72. The van der Waals surface area contributed by atoms with E-state index in [1.54, 1.807) is 19.1 Å². The van der Waals surface area contributed by atoms with Crippen molar-refractivity contribution in [2.24, 2.45) is 5.92 Å². The van der Waals surface area contributed by atoms with Gasteiger partial charge in [-0.3, -0.25) is 23.7 Å². The molecular weight excluding hydrogens is 714 g/mol. The maximum atomic E-state index is 14.0. The first-order valence-corrected chi connectivity index (χ1v) is 16.7. The zero-order valence-electron chi connectivity index (χ0n) is 24.5. The minimum absolute atomic E-state index is 0.0786. The van der Waals surface area contributed by atoms with Crippen LogP contribution in [0.4, 0.5) is 24.5 Å². The van der Waals surface area contributed by atoms with E-state index in [-0.39, 0.29) is 32.9 Å². The van der Waals surface area contributed by atoms with Crippen LogP contribution in [0.3, 0.4) is 0 Å². The number of amides is 3.